The molecule has 1 aliphatic heterocycles. The van der Waals surface area contributed by atoms with Crippen molar-refractivity contribution in [2.24, 2.45) is 22.9 Å². The number of rotatable bonds is 10. The van der Waals surface area contributed by atoms with Crippen LogP contribution in [-0.4, -0.2) is 42.4 Å². The highest BCUT2D eigenvalue weighted by Crippen LogP contribution is 2.23. The van der Waals surface area contributed by atoms with Crippen molar-refractivity contribution in [3.63, 3.8) is 0 Å². The highest BCUT2D eigenvalue weighted by Gasteiger charge is 2.14. The molecule has 43 heavy (non-hydrogen) atoms. The van der Waals surface area contributed by atoms with Crippen LogP contribution in [0.5, 0.6) is 11.5 Å². The summed E-state index contributed by atoms with van der Waals surface area (Å²) in [6.07, 6.45) is 10.1. The van der Waals surface area contributed by atoms with E-state index in [0.29, 0.717) is 23.5 Å². The summed E-state index contributed by atoms with van der Waals surface area (Å²) >= 11 is 0. The lowest BCUT2D eigenvalue weighted by Crippen LogP contribution is -2.34. The van der Waals surface area contributed by atoms with Gasteiger partial charge in [0.05, 0.1) is 12.4 Å². The second-order valence-electron chi connectivity index (χ2n) is 8.96. The maximum absolute atomic E-state index is 10.1. The van der Waals surface area contributed by atoms with E-state index in [-0.39, 0.29) is 24.3 Å². The van der Waals surface area contributed by atoms with E-state index in [1.807, 2.05) is 64.7 Å². The highest BCUT2D eigenvalue weighted by molar-refractivity contribution is 5.69. The van der Waals surface area contributed by atoms with Gasteiger partial charge in [-0.25, -0.2) is 0 Å². The monoisotopic (exact) mass is 598 g/mol. The van der Waals surface area contributed by atoms with Crippen molar-refractivity contribution in [1.29, 1.82) is 0 Å². The van der Waals surface area contributed by atoms with Crippen molar-refractivity contribution in [2.45, 2.75) is 87.2 Å². The van der Waals surface area contributed by atoms with Crippen LogP contribution in [0.1, 0.15) is 85.8 Å². The molecule has 8 nitrogen and oxygen atoms in total. The van der Waals surface area contributed by atoms with E-state index < -0.39 is 0 Å². The maximum Gasteiger partial charge on any atom is 0.124 e. The van der Waals surface area contributed by atoms with Crippen molar-refractivity contribution >= 4 is 5.70 Å². The van der Waals surface area contributed by atoms with E-state index in [9.17, 15) is 5.11 Å². The first-order chi connectivity index (χ1) is 20.9. The van der Waals surface area contributed by atoms with Gasteiger partial charge in [-0.05, 0) is 68.3 Å². The Kier molecular flexibility index (Phi) is 26.3. The van der Waals surface area contributed by atoms with Gasteiger partial charge < -0.3 is 43.0 Å². The summed E-state index contributed by atoms with van der Waals surface area (Å²) in [7, 11) is 0. The molecule has 1 fully saturated rings. The number of hydrogen-bond acceptors (Lipinski definition) is 8. The van der Waals surface area contributed by atoms with Crippen molar-refractivity contribution < 1.29 is 9.84 Å². The Morgan fingerprint density at radius 2 is 1.53 bits per heavy atom. The summed E-state index contributed by atoms with van der Waals surface area (Å²) in [5.74, 6) is 1.09. The lowest BCUT2D eigenvalue weighted by molar-refractivity contribution is 0.162. The molecule has 0 bridgehead atoms. The first kappa shape index (κ1) is 41.5. The largest absolute Gasteiger partial charge is 0.507 e. The zero-order valence-electron chi connectivity index (χ0n) is 28.2. The third-order valence-corrected chi connectivity index (χ3v) is 5.70. The molecule has 10 N–H and O–H groups in total. The first-order valence-electron chi connectivity index (χ1n) is 16.0. The third kappa shape index (κ3) is 17.2. The molecule has 1 saturated heterocycles. The number of benzene rings is 2. The number of aromatic hydroxyl groups is 1. The van der Waals surface area contributed by atoms with Crippen molar-refractivity contribution in [1.82, 2.24) is 10.2 Å². The minimum atomic E-state index is 0.0803. The van der Waals surface area contributed by atoms with Gasteiger partial charge in [0.2, 0.25) is 0 Å². The molecule has 0 saturated carbocycles. The number of para-hydroxylation sites is 1. The normalized spacial score (nSPS) is 12.5. The van der Waals surface area contributed by atoms with Crippen LogP contribution in [-0.2, 0) is 6.42 Å². The molecule has 244 valence electrons. The number of nitrogens with zero attached hydrogens (tertiary/aromatic N) is 1. The number of ether oxygens (including phenoxy) is 1. The summed E-state index contributed by atoms with van der Waals surface area (Å²) in [6.45, 7) is 18.9. The molecule has 0 spiro atoms. The van der Waals surface area contributed by atoms with Gasteiger partial charge in [-0.3, -0.25) is 0 Å². The highest BCUT2D eigenvalue weighted by atomic mass is 16.5. The molecule has 0 aromatic heterocycles. The summed E-state index contributed by atoms with van der Waals surface area (Å²) < 4.78 is 6.14. The molecule has 3 rings (SSSR count). The zero-order chi connectivity index (χ0) is 33.0. The Bertz CT molecular complexity index is 1040. The minimum absolute atomic E-state index is 0.0803. The Morgan fingerprint density at radius 3 is 2.09 bits per heavy atom. The zero-order valence-corrected chi connectivity index (χ0v) is 28.2. The van der Waals surface area contributed by atoms with Gasteiger partial charge in [0, 0.05) is 17.8 Å². The number of phenolic OH excluding ortho intramolecular Hbond substituents is 1. The van der Waals surface area contributed by atoms with Crippen LogP contribution >= 0.6 is 0 Å². The molecular weight excluding hydrogens is 536 g/mol. The van der Waals surface area contributed by atoms with E-state index in [1.165, 1.54) is 12.0 Å². The van der Waals surface area contributed by atoms with Gasteiger partial charge in [-0.15, -0.1) is 0 Å². The van der Waals surface area contributed by atoms with Crippen LogP contribution in [0.15, 0.2) is 78.3 Å². The number of piperidine rings is 1. The topological polar surface area (TPSA) is 149 Å². The predicted octanol–water partition coefficient (Wildman–Crippen LogP) is 6.42. The van der Waals surface area contributed by atoms with Crippen LogP contribution in [0, 0.1) is 0 Å². The fourth-order valence-corrected chi connectivity index (χ4v) is 3.84. The fourth-order valence-electron chi connectivity index (χ4n) is 3.84. The van der Waals surface area contributed by atoms with Gasteiger partial charge in [0.25, 0.3) is 0 Å². The Morgan fingerprint density at radius 1 is 0.930 bits per heavy atom. The molecule has 8 heteroatoms. The number of phenols is 1. The Balaban J connectivity index is 0. The molecule has 1 aliphatic rings. The van der Waals surface area contributed by atoms with Gasteiger partial charge in [0.15, 0.2) is 0 Å². The van der Waals surface area contributed by atoms with Crippen molar-refractivity contribution in [3.05, 3.63) is 89.4 Å². The van der Waals surface area contributed by atoms with Gasteiger partial charge in [-0.2, -0.15) is 0 Å². The molecule has 2 aromatic rings. The molecular formula is C35H62N6O2. The summed E-state index contributed by atoms with van der Waals surface area (Å²) in [5.41, 5.74) is 26.5. The number of hydrogen-bond donors (Lipinski definition) is 6. The fraction of sp³-hybridized carbons (Fsp3) is 0.486. The van der Waals surface area contributed by atoms with Crippen LogP contribution < -0.4 is 33.0 Å². The molecule has 0 radical (unpaired) electrons. The van der Waals surface area contributed by atoms with E-state index >= 15 is 0 Å². The Labute approximate surface area is 262 Å². The van der Waals surface area contributed by atoms with Crippen molar-refractivity contribution in [2.75, 3.05) is 26.3 Å². The minimum Gasteiger partial charge on any atom is -0.507 e. The number of nitrogens with two attached hydrogens (primary N) is 4. The third-order valence-electron chi connectivity index (χ3n) is 5.70. The average Bonchev–Trinajstić information content (AvgIpc) is 3.04. The van der Waals surface area contributed by atoms with Crippen LogP contribution in [0.2, 0.25) is 0 Å². The molecule has 0 amide bonds. The van der Waals surface area contributed by atoms with Gasteiger partial charge in [-0.1, -0.05) is 98.2 Å². The number of nitrogens with one attached hydrogen (secondary N) is 1. The number of allylic oxidation sites excluding steroid dienone is 2. The van der Waals surface area contributed by atoms with Crippen molar-refractivity contribution in [3.8, 4) is 11.5 Å². The molecule has 0 atom stereocenters. The summed E-state index contributed by atoms with van der Waals surface area (Å²) in [5, 5.41) is 13.4. The van der Waals surface area contributed by atoms with E-state index in [4.69, 9.17) is 27.7 Å². The SMILES string of the molecule is CC.CC.CC.CCC.NCN(C/C=C\Cc1cccc(OC2CCNCC2)c1)C(/C=C(\N)c1ccccc1O)=C(N)N. The standard InChI is InChI=1S/C26H36N6O2.C3H8.3C2H6/c27-18-32(24(26(29)30)17-23(28)22-9-1-2-10-25(22)33)15-4-3-6-19-7-5-8-21(16-19)34-20-11-13-31-14-12-20;1-3-2;3*1-2/h1-5,7-10,16-17,20,31,33H,6,11-15,18,27-30H2;3H2,1-2H3;3*1-2H3/b4-3-,23-17-;;;;. The van der Waals surface area contributed by atoms with Crippen LogP contribution in [0.3, 0.4) is 0 Å². The predicted molar refractivity (Wildman–Crippen MR) is 187 cm³/mol. The Hall–Kier alpha value is -3.62. The van der Waals surface area contributed by atoms with Crippen LogP contribution in [0.25, 0.3) is 5.70 Å². The van der Waals surface area contributed by atoms with E-state index in [1.54, 1.807) is 30.3 Å². The second kappa shape index (κ2) is 27.2. The first-order valence-corrected chi connectivity index (χ1v) is 16.0. The lowest BCUT2D eigenvalue weighted by atomic mass is 10.1. The average molecular weight is 599 g/mol. The summed E-state index contributed by atoms with van der Waals surface area (Å²) in [4.78, 5) is 1.81. The summed E-state index contributed by atoms with van der Waals surface area (Å²) in [6, 6.07) is 15.0. The lowest BCUT2D eigenvalue weighted by Gasteiger charge is -2.24. The quantitative estimate of drug-likeness (QED) is 0.104. The molecule has 2 aromatic carbocycles. The molecule has 0 unspecified atom stereocenters. The van der Waals surface area contributed by atoms with E-state index in [2.05, 4.69) is 37.4 Å². The van der Waals surface area contributed by atoms with E-state index in [0.717, 1.165) is 38.1 Å². The molecule has 0 aliphatic carbocycles. The molecule has 1 heterocycles. The smallest absolute Gasteiger partial charge is 0.124 e. The maximum atomic E-state index is 10.1. The van der Waals surface area contributed by atoms with Gasteiger partial charge in [0.1, 0.15) is 23.4 Å². The van der Waals surface area contributed by atoms with Gasteiger partial charge >= 0.3 is 0 Å². The van der Waals surface area contributed by atoms with Crippen LogP contribution in [0.4, 0.5) is 0 Å². The second-order valence-corrected chi connectivity index (χ2v) is 8.96.